The van der Waals surface area contributed by atoms with Crippen molar-refractivity contribution in [3.05, 3.63) is 60.2 Å². The van der Waals surface area contributed by atoms with Crippen molar-refractivity contribution in [2.75, 3.05) is 6.61 Å². The van der Waals surface area contributed by atoms with Gasteiger partial charge in [-0.05, 0) is 55.5 Å². The fraction of sp³-hybridized carbons (Fsp3) is 0.333. The van der Waals surface area contributed by atoms with Gasteiger partial charge in [-0.3, -0.25) is 4.79 Å². The molecule has 1 aliphatic rings. The fourth-order valence-corrected chi connectivity index (χ4v) is 2.77. The number of ether oxygens (including phenoxy) is 2. The zero-order chi connectivity index (χ0) is 18.0. The van der Waals surface area contributed by atoms with E-state index in [0.29, 0.717) is 12.4 Å². The molecule has 1 N–H and O–H groups in total. The van der Waals surface area contributed by atoms with Crippen molar-refractivity contribution < 1.29 is 14.3 Å². The Morgan fingerprint density at radius 2 is 1.54 bits per heavy atom. The van der Waals surface area contributed by atoms with Crippen LogP contribution in [0.25, 0.3) is 0 Å². The molecule has 3 rings (SSSR count). The molecule has 1 amide bonds. The Balaban J connectivity index is 1.40. The van der Waals surface area contributed by atoms with Crippen LogP contribution in [0, 0.1) is 0 Å². The average Bonchev–Trinajstić information content (AvgIpc) is 2.71. The van der Waals surface area contributed by atoms with Crippen LogP contribution < -0.4 is 14.9 Å². The maximum Gasteiger partial charge on any atom is 0.277 e. The topological polar surface area (TPSA) is 59.9 Å². The van der Waals surface area contributed by atoms with Crippen molar-refractivity contribution in [2.24, 2.45) is 5.10 Å². The molecule has 0 aromatic heterocycles. The molecule has 1 saturated carbocycles. The van der Waals surface area contributed by atoms with E-state index in [0.717, 1.165) is 42.7 Å². The highest BCUT2D eigenvalue weighted by Gasteiger charge is 2.08. The summed E-state index contributed by atoms with van der Waals surface area (Å²) in [6.45, 7) is 0.463. The van der Waals surface area contributed by atoms with Crippen LogP contribution in [-0.2, 0) is 11.4 Å². The fourth-order valence-electron chi connectivity index (χ4n) is 2.77. The average molecular weight is 352 g/mol. The van der Waals surface area contributed by atoms with Gasteiger partial charge in [0.1, 0.15) is 18.1 Å². The van der Waals surface area contributed by atoms with Crippen molar-refractivity contribution in [1.82, 2.24) is 5.43 Å². The minimum absolute atomic E-state index is 0.0546. The highest BCUT2D eigenvalue weighted by atomic mass is 16.5. The molecule has 2 aromatic carbocycles. The van der Waals surface area contributed by atoms with E-state index in [-0.39, 0.29) is 12.5 Å². The molecule has 26 heavy (non-hydrogen) atoms. The van der Waals surface area contributed by atoms with Gasteiger partial charge in [-0.25, -0.2) is 5.43 Å². The summed E-state index contributed by atoms with van der Waals surface area (Å²) in [6, 6.07) is 17.2. The maximum atomic E-state index is 11.8. The molecule has 0 unspecified atom stereocenters. The molecule has 136 valence electrons. The Kier molecular flexibility index (Phi) is 6.65. The van der Waals surface area contributed by atoms with Gasteiger partial charge in [0.25, 0.3) is 5.91 Å². The standard InChI is InChI=1S/C21H24N2O3/c24-21(23-22-18-9-5-2-6-10-18)16-26-20-13-11-19(12-14-20)25-15-17-7-3-1-4-8-17/h1,3-4,7-8,11-14H,2,5-6,9-10,15-16H2,(H,23,24). The van der Waals surface area contributed by atoms with Gasteiger partial charge < -0.3 is 9.47 Å². The van der Waals surface area contributed by atoms with Crippen LogP contribution >= 0.6 is 0 Å². The summed E-state index contributed by atoms with van der Waals surface area (Å²) in [4.78, 5) is 11.8. The number of carbonyl (C=O) groups excluding carboxylic acids is 1. The van der Waals surface area contributed by atoms with E-state index in [2.05, 4.69) is 10.5 Å². The van der Waals surface area contributed by atoms with Crippen LogP contribution in [0.2, 0.25) is 0 Å². The van der Waals surface area contributed by atoms with E-state index in [9.17, 15) is 4.79 Å². The van der Waals surface area contributed by atoms with Crippen LogP contribution in [0.3, 0.4) is 0 Å². The van der Waals surface area contributed by atoms with Crippen molar-refractivity contribution in [1.29, 1.82) is 0 Å². The van der Waals surface area contributed by atoms with Gasteiger partial charge in [0.05, 0.1) is 0 Å². The third kappa shape index (κ3) is 5.92. The lowest BCUT2D eigenvalue weighted by molar-refractivity contribution is -0.123. The molecule has 0 aliphatic heterocycles. The van der Waals surface area contributed by atoms with Crippen molar-refractivity contribution in [3.8, 4) is 11.5 Å². The smallest absolute Gasteiger partial charge is 0.277 e. The number of carbonyl (C=O) groups is 1. The van der Waals surface area contributed by atoms with Gasteiger partial charge in [-0.15, -0.1) is 0 Å². The van der Waals surface area contributed by atoms with E-state index >= 15 is 0 Å². The number of hydrogen-bond donors (Lipinski definition) is 1. The van der Waals surface area contributed by atoms with E-state index in [1.54, 1.807) is 12.1 Å². The zero-order valence-corrected chi connectivity index (χ0v) is 14.8. The number of hydrazone groups is 1. The molecule has 0 heterocycles. The van der Waals surface area contributed by atoms with Crippen LogP contribution in [0.1, 0.15) is 37.7 Å². The zero-order valence-electron chi connectivity index (χ0n) is 14.8. The number of nitrogens with zero attached hydrogens (tertiary/aromatic N) is 1. The minimum atomic E-state index is -0.243. The van der Waals surface area contributed by atoms with Gasteiger partial charge in [0, 0.05) is 5.71 Å². The molecule has 0 atom stereocenters. The first-order valence-electron chi connectivity index (χ1n) is 9.03. The third-order valence-corrected chi connectivity index (χ3v) is 4.21. The van der Waals surface area contributed by atoms with Gasteiger partial charge in [-0.1, -0.05) is 36.8 Å². The monoisotopic (exact) mass is 352 g/mol. The molecular weight excluding hydrogens is 328 g/mol. The normalized spacial score (nSPS) is 13.8. The second-order valence-electron chi connectivity index (χ2n) is 6.31. The first kappa shape index (κ1) is 18.0. The summed E-state index contributed by atoms with van der Waals surface area (Å²) in [6.07, 6.45) is 5.52. The lowest BCUT2D eigenvalue weighted by atomic mass is 9.99. The van der Waals surface area contributed by atoms with E-state index in [1.165, 1.54) is 6.42 Å². The van der Waals surface area contributed by atoms with Gasteiger partial charge in [0.15, 0.2) is 6.61 Å². The Bertz CT molecular complexity index is 719. The lowest BCUT2D eigenvalue weighted by Crippen LogP contribution is -2.26. The molecule has 0 spiro atoms. The predicted octanol–water partition coefficient (Wildman–Crippen LogP) is 4.08. The van der Waals surface area contributed by atoms with Crippen LogP contribution in [0.15, 0.2) is 59.7 Å². The second kappa shape index (κ2) is 9.61. The number of nitrogens with one attached hydrogen (secondary N) is 1. The van der Waals surface area contributed by atoms with Crippen molar-refractivity contribution >= 4 is 11.6 Å². The molecule has 0 bridgehead atoms. The quantitative estimate of drug-likeness (QED) is 0.764. The van der Waals surface area contributed by atoms with Crippen LogP contribution in [0.5, 0.6) is 11.5 Å². The molecule has 5 nitrogen and oxygen atoms in total. The Morgan fingerprint density at radius 3 is 2.23 bits per heavy atom. The summed E-state index contributed by atoms with van der Waals surface area (Å²) < 4.78 is 11.2. The molecule has 1 fully saturated rings. The number of benzene rings is 2. The minimum Gasteiger partial charge on any atom is -0.489 e. The number of rotatable bonds is 7. The van der Waals surface area contributed by atoms with Crippen molar-refractivity contribution in [3.63, 3.8) is 0 Å². The lowest BCUT2D eigenvalue weighted by Gasteiger charge is -2.12. The first-order chi connectivity index (χ1) is 12.8. The summed E-state index contributed by atoms with van der Waals surface area (Å²) in [7, 11) is 0. The van der Waals surface area contributed by atoms with Crippen molar-refractivity contribution in [2.45, 2.75) is 38.7 Å². The largest absolute Gasteiger partial charge is 0.489 e. The Hall–Kier alpha value is -2.82. The maximum absolute atomic E-state index is 11.8. The van der Waals surface area contributed by atoms with Crippen LogP contribution in [0.4, 0.5) is 0 Å². The summed E-state index contributed by atoms with van der Waals surface area (Å²) in [5, 5.41) is 4.18. The first-order valence-corrected chi connectivity index (χ1v) is 9.03. The summed E-state index contributed by atoms with van der Waals surface area (Å²) in [5.74, 6) is 1.14. The third-order valence-electron chi connectivity index (χ3n) is 4.21. The van der Waals surface area contributed by atoms with Gasteiger partial charge >= 0.3 is 0 Å². The molecule has 0 saturated heterocycles. The molecule has 0 radical (unpaired) electrons. The molecular formula is C21H24N2O3. The molecule has 1 aliphatic carbocycles. The SMILES string of the molecule is O=C(COc1ccc(OCc2ccccc2)cc1)NN=C1CCCCC1. The molecule has 2 aromatic rings. The number of hydrogen-bond acceptors (Lipinski definition) is 4. The van der Waals surface area contributed by atoms with E-state index < -0.39 is 0 Å². The van der Waals surface area contributed by atoms with E-state index in [4.69, 9.17) is 9.47 Å². The Labute approximate surface area is 154 Å². The number of amides is 1. The highest BCUT2D eigenvalue weighted by molar-refractivity contribution is 5.87. The van der Waals surface area contributed by atoms with E-state index in [1.807, 2.05) is 42.5 Å². The highest BCUT2D eigenvalue weighted by Crippen LogP contribution is 2.18. The summed E-state index contributed by atoms with van der Waals surface area (Å²) in [5.41, 5.74) is 4.76. The Morgan fingerprint density at radius 1 is 0.885 bits per heavy atom. The second-order valence-corrected chi connectivity index (χ2v) is 6.31. The molecule has 5 heteroatoms. The van der Waals surface area contributed by atoms with Crippen LogP contribution in [-0.4, -0.2) is 18.2 Å². The van der Waals surface area contributed by atoms with Gasteiger partial charge in [0.2, 0.25) is 0 Å². The summed E-state index contributed by atoms with van der Waals surface area (Å²) >= 11 is 0. The predicted molar refractivity (Wildman–Crippen MR) is 101 cm³/mol. The van der Waals surface area contributed by atoms with Gasteiger partial charge in [-0.2, -0.15) is 5.10 Å².